The van der Waals surface area contributed by atoms with Crippen LogP contribution >= 0.6 is 0 Å². The molecule has 1 aromatic rings. The molecule has 2 heteroatoms. The lowest BCUT2D eigenvalue weighted by Gasteiger charge is -1.90. The van der Waals surface area contributed by atoms with Crippen LogP contribution in [0, 0.1) is 6.92 Å². The molecule has 1 heterocycles. The van der Waals surface area contributed by atoms with Gasteiger partial charge in [-0.1, -0.05) is 11.5 Å². The van der Waals surface area contributed by atoms with Gasteiger partial charge in [0.25, 0.3) is 0 Å². The standard InChI is InChI=1S/C6H6BN/c1-5-4-6(7)2-3-8-5/h2-4H,1H3. The Bertz CT molecular complexity index is 168. The maximum Gasteiger partial charge on any atom is 0.113 e. The van der Waals surface area contributed by atoms with Crippen molar-refractivity contribution in [1.29, 1.82) is 0 Å². The van der Waals surface area contributed by atoms with Crippen LogP contribution in [0.5, 0.6) is 0 Å². The summed E-state index contributed by atoms with van der Waals surface area (Å²) in [5, 5.41) is 0. The van der Waals surface area contributed by atoms with E-state index in [0.717, 1.165) is 11.2 Å². The van der Waals surface area contributed by atoms with Gasteiger partial charge in [-0.2, -0.15) is 0 Å². The molecule has 0 saturated heterocycles. The predicted molar refractivity (Wildman–Crippen MR) is 34.4 cm³/mol. The number of aryl methyl sites for hydroxylation is 1. The fourth-order valence-corrected chi connectivity index (χ4v) is 0.567. The summed E-state index contributed by atoms with van der Waals surface area (Å²) in [7, 11) is 5.42. The Balaban J connectivity index is 3.08. The highest BCUT2D eigenvalue weighted by atomic mass is 14.6. The summed E-state index contributed by atoms with van der Waals surface area (Å²) in [5.41, 5.74) is 1.74. The first-order chi connectivity index (χ1) is 3.79. The van der Waals surface area contributed by atoms with Crippen LogP contribution in [-0.4, -0.2) is 12.8 Å². The number of pyridine rings is 1. The van der Waals surface area contributed by atoms with Crippen LogP contribution in [0.1, 0.15) is 5.69 Å². The summed E-state index contributed by atoms with van der Waals surface area (Å²) in [6, 6.07) is 3.60. The fraction of sp³-hybridized carbons (Fsp3) is 0.167. The van der Waals surface area contributed by atoms with Gasteiger partial charge in [0.1, 0.15) is 7.85 Å². The third-order valence-corrected chi connectivity index (χ3v) is 0.921. The molecule has 0 fully saturated rings. The molecule has 0 saturated carbocycles. The summed E-state index contributed by atoms with van der Waals surface area (Å²) < 4.78 is 0. The highest BCUT2D eigenvalue weighted by Gasteiger charge is 1.81. The van der Waals surface area contributed by atoms with Crippen LogP contribution in [0.15, 0.2) is 18.3 Å². The normalized spacial score (nSPS) is 9.12. The van der Waals surface area contributed by atoms with Crippen LogP contribution in [0.3, 0.4) is 0 Å². The average molecular weight is 103 g/mol. The van der Waals surface area contributed by atoms with Crippen molar-refractivity contribution in [3.05, 3.63) is 24.0 Å². The number of rotatable bonds is 0. The van der Waals surface area contributed by atoms with Crippen molar-refractivity contribution in [2.24, 2.45) is 0 Å². The van der Waals surface area contributed by atoms with Crippen LogP contribution < -0.4 is 5.46 Å². The Morgan fingerprint density at radius 3 is 2.75 bits per heavy atom. The molecule has 0 bridgehead atoms. The average Bonchev–Trinajstić information content (AvgIpc) is 1.64. The van der Waals surface area contributed by atoms with E-state index in [1.165, 1.54) is 0 Å². The first-order valence-corrected chi connectivity index (χ1v) is 2.47. The number of nitrogens with zero attached hydrogens (tertiary/aromatic N) is 1. The molecule has 0 N–H and O–H groups in total. The summed E-state index contributed by atoms with van der Waals surface area (Å²) in [4.78, 5) is 3.96. The molecule has 0 aliphatic rings. The molecule has 0 amide bonds. The third-order valence-electron chi connectivity index (χ3n) is 0.921. The summed E-state index contributed by atoms with van der Waals surface area (Å²) in [6.07, 6.45) is 1.70. The van der Waals surface area contributed by atoms with Gasteiger partial charge in [0.15, 0.2) is 0 Å². The highest BCUT2D eigenvalue weighted by Crippen LogP contribution is 1.83. The molecule has 1 aromatic heterocycles. The van der Waals surface area contributed by atoms with E-state index in [1.54, 1.807) is 12.3 Å². The Labute approximate surface area is 50.2 Å². The molecular weight excluding hydrogens is 96.9 g/mol. The van der Waals surface area contributed by atoms with Crippen LogP contribution in [-0.2, 0) is 0 Å². The summed E-state index contributed by atoms with van der Waals surface area (Å²) >= 11 is 0. The monoisotopic (exact) mass is 103 g/mol. The molecule has 1 nitrogen and oxygen atoms in total. The first kappa shape index (κ1) is 5.35. The molecule has 8 heavy (non-hydrogen) atoms. The molecule has 38 valence electrons. The van der Waals surface area contributed by atoms with Crippen molar-refractivity contribution >= 4 is 13.3 Å². The number of hydrogen-bond acceptors (Lipinski definition) is 1. The molecule has 2 radical (unpaired) electrons. The molecule has 0 unspecified atom stereocenters. The lowest BCUT2D eigenvalue weighted by Crippen LogP contribution is -2.01. The molecular formula is C6H6BN. The molecule has 0 spiro atoms. The van der Waals surface area contributed by atoms with Gasteiger partial charge in [0, 0.05) is 11.9 Å². The van der Waals surface area contributed by atoms with E-state index in [2.05, 4.69) is 4.98 Å². The van der Waals surface area contributed by atoms with E-state index in [9.17, 15) is 0 Å². The minimum atomic E-state index is 0.775. The maximum atomic E-state index is 5.42. The van der Waals surface area contributed by atoms with Crippen molar-refractivity contribution in [1.82, 2.24) is 4.98 Å². The third kappa shape index (κ3) is 1.09. The first-order valence-electron chi connectivity index (χ1n) is 2.47. The van der Waals surface area contributed by atoms with E-state index in [-0.39, 0.29) is 0 Å². The van der Waals surface area contributed by atoms with Crippen molar-refractivity contribution in [3.63, 3.8) is 0 Å². The van der Waals surface area contributed by atoms with Gasteiger partial charge in [0.2, 0.25) is 0 Å². The lowest BCUT2D eigenvalue weighted by atomic mass is 9.97. The van der Waals surface area contributed by atoms with E-state index < -0.39 is 0 Å². The summed E-state index contributed by atoms with van der Waals surface area (Å²) in [6.45, 7) is 1.91. The lowest BCUT2D eigenvalue weighted by molar-refractivity contribution is 1.21. The Morgan fingerprint density at radius 2 is 2.38 bits per heavy atom. The van der Waals surface area contributed by atoms with Crippen LogP contribution in [0.25, 0.3) is 0 Å². The topological polar surface area (TPSA) is 12.9 Å². The number of aromatic nitrogens is 1. The molecule has 0 aromatic carbocycles. The zero-order valence-corrected chi connectivity index (χ0v) is 4.76. The maximum absolute atomic E-state index is 5.42. The Morgan fingerprint density at radius 1 is 1.62 bits per heavy atom. The summed E-state index contributed by atoms with van der Waals surface area (Å²) in [5.74, 6) is 0. The molecule has 0 atom stereocenters. The fourth-order valence-electron chi connectivity index (χ4n) is 0.567. The SMILES string of the molecule is [B]c1ccnc(C)c1. The van der Waals surface area contributed by atoms with E-state index in [1.807, 2.05) is 13.0 Å². The minimum absolute atomic E-state index is 0.775. The zero-order chi connectivity index (χ0) is 5.98. The van der Waals surface area contributed by atoms with Crippen molar-refractivity contribution in [3.8, 4) is 0 Å². The van der Waals surface area contributed by atoms with Crippen molar-refractivity contribution < 1.29 is 0 Å². The molecule has 1 rings (SSSR count). The molecule has 0 aliphatic heterocycles. The van der Waals surface area contributed by atoms with Gasteiger partial charge in [-0.05, 0) is 13.0 Å². The second kappa shape index (κ2) is 1.99. The zero-order valence-electron chi connectivity index (χ0n) is 4.76. The Kier molecular flexibility index (Phi) is 1.33. The number of hydrogen-bond donors (Lipinski definition) is 0. The second-order valence-electron chi connectivity index (χ2n) is 1.73. The van der Waals surface area contributed by atoms with Gasteiger partial charge in [0.05, 0.1) is 0 Å². The van der Waals surface area contributed by atoms with E-state index in [4.69, 9.17) is 7.85 Å². The van der Waals surface area contributed by atoms with Crippen LogP contribution in [0.2, 0.25) is 0 Å². The Hall–Kier alpha value is -0.785. The molecule has 0 aliphatic carbocycles. The highest BCUT2D eigenvalue weighted by molar-refractivity contribution is 6.32. The van der Waals surface area contributed by atoms with Gasteiger partial charge >= 0.3 is 0 Å². The van der Waals surface area contributed by atoms with Crippen molar-refractivity contribution in [2.75, 3.05) is 0 Å². The van der Waals surface area contributed by atoms with Gasteiger partial charge in [-0.15, -0.1) is 0 Å². The van der Waals surface area contributed by atoms with E-state index >= 15 is 0 Å². The quantitative estimate of drug-likeness (QED) is 0.427. The van der Waals surface area contributed by atoms with Gasteiger partial charge < -0.3 is 0 Å². The largest absolute Gasteiger partial charge is 0.262 e. The minimum Gasteiger partial charge on any atom is -0.262 e. The van der Waals surface area contributed by atoms with Crippen molar-refractivity contribution in [2.45, 2.75) is 6.92 Å². The predicted octanol–water partition coefficient (Wildman–Crippen LogP) is 0.184. The van der Waals surface area contributed by atoms with Crippen LogP contribution in [0.4, 0.5) is 0 Å². The van der Waals surface area contributed by atoms with Gasteiger partial charge in [-0.25, -0.2) is 0 Å². The van der Waals surface area contributed by atoms with Gasteiger partial charge in [-0.3, -0.25) is 4.98 Å². The smallest absolute Gasteiger partial charge is 0.113 e. The van der Waals surface area contributed by atoms with E-state index in [0.29, 0.717) is 0 Å². The second-order valence-corrected chi connectivity index (χ2v) is 1.73.